The van der Waals surface area contributed by atoms with Gasteiger partial charge in [0, 0.05) is 39.0 Å². The van der Waals surface area contributed by atoms with Crippen LogP contribution in [-0.2, 0) is 35.1 Å². The number of likely N-dealkylation sites (N-methyl/N-ethyl adjacent to an activating group) is 1. The Hall–Kier alpha value is -3.48. The SMILES string of the molecule is COC(=O)[C@]1(Cc2ccccc2)N[C@H](CN(C)C(=O)C2CCCCC2)[C@@H]2C(=O)N(C)C(=O)[C@@H]21.O=C(O)C(F)(F)F. The molecule has 3 aliphatic rings. The van der Waals surface area contributed by atoms with Crippen molar-refractivity contribution in [3.8, 4) is 0 Å². The summed E-state index contributed by atoms with van der Waals surface area (Å²) in [5, 5.41) is 10.5. The first-order valence-corrected chi connectivity index (χ1v) is 13.0. The summed E-state index contributed by atoms with van der Waals surface area (Å²) < 4.78 is 36.9. The van der Waals surface area contributed by atoms with Gasteiger partial charge < -0.3 is 14.7 Å². The number of carboxylic acid groups (broad SMARTS) is 1. The van der Waals surface area contributed by atoms with E-state index < -0.39 is 41.5 Å². The van der Waals surface area contributed by atoms with Crippen LogP contribution in [0.4, 0.5) is 13.2 Å². The molecule has 1 aromatic rings. The Morgan fingerprint density at radius 3 is 2.20 bits per heavy atom. The fourth-order valence-corrected chi connectivity index (χ4v) is 5.99. The van der Waals surface area contributed by atoms with E-state index in [1.54, 1.807) is 11.9 Å². The van der Waals surface area contributed by atoms with E-state index in [1.165, 1.54) is 14.2 Å². The number of halogens is 3. The summed E-state index contributed by atoms with van der Waals surface area (Å²) >= 11 is 0. The van der Waals surface area contributed by atoms with E-state index in [0.29, 0.717) is 0 Å². The van der Waals surface area contributed by atoms with E-state index in [2.05, 4.69) is 5.32 Å². The first kappa shape index (κ1) is 31.1. The number of fused-ring (bicyclic) bond motifs is 1. The molecule has 40 heavy (non-hydrogen) atoms. The van der Waals surface area contributed by atoms with Gasteiger partial charge >= 0.3 is 18.1 Å². The average Bonchev–Trinajstić information content (AvgIpc) is 3.37. The van der Waals surface area contributed by atoms with Gasteiger partial charge in [-0.3, -0.25) is 29.4 Å². The van der Waals surface area contributed by atoms with Crippen LogP contribution in [0.2, 0.25) is 0 Å². The summed E-state index contributed by atoms with van der Waals surface area (Å²) in [6, 6.07) is 8.86. The largest absolute Gasteiger partial charge is 0.490 e. The number of methoxy groups -OCH3 is 1. The minimum atomic E-state index is -5.08. The lowest BCUT2D eigenvalue weighted by Crippen LogP contribution is -2.59. The molecule has 0 bridgehead atoms. The molecule has 1 aliphatic carbocycles. The number of carbonyl (C=O) groups is 5. The van der Waals surface area contributed by atoms with Gasteiger partial charge in [-0.25, -0.2) is 4.79 Å². The summed E-state index contributed by atoms with van der Waals surface area (Å²) in [7, 11) is 4.50. The lowest BCUT2D eigenvalue weighted by Gasteiger charge is -2.33. The van der Waals surface area contributed by atoms with Gasteiger partial charge in [0.15, 0.2) is 0 Å². The van der Waals surface area contributed by atoms with Crippen LogP contribution in [0, 0.1) is 17.8 Å². The lowest BCUT2D eigenvalue weighted by molar-refractivity contribution is -0.192. The molecule has 220 valence electrons. The molecule has 2 saturated heterocycles. The summed E-state index contributed by atoms with van der Waals surface area (Å²) in [5.74, 6) is -5.58. The number of ether oxygens (including phenoxy) is 1. The second-order valence-electron chi connectivity index (χ2n) is 10.5. The Balaban J connectivity index is 0.000000559. The molecule has 2 N–H and O–H groups in total. The summed E-state index contributed by atoms with van der Waals surface area (Å²) in [4.78, 5) is 64.3. The van der Waals surface area contributed by atoms with Gasteiger partial charge in [-0.05, 0) is 18.4 Å². The van der Waals surface area contributed by atoms with Crippen molar-refractivity contribution in [1.82, 2.24) is 15.1 Å². The molecule has 10 nitrogen and oxygen atoms in total. The van der Waals surface area contributed by atoms with Crippen molar-refractivity contribution in [3.63, 3.8) is 0 Å². The van der Waals surface area contributed by atoms with Gasteiger partial charge in [0.1, 0.15) is 5.54 Å². The van der Waals surface area contributed by atoms with Gasteiger partial charge in [-0.1, -0.05) is 49.6 Å². The number of alkyl halides is 3. The Morgan fingerprint density at radius 2 is 1.68 bits per heavy atom. The van der Waals surface area contributed by atoms with Crippen molar-refractivity contribution in [1.29, 1.82) is 0 Å². The standard InChI is InChI=1S/C25H33N3O5.C2HF3O2/c1-27(21(29)17-12-8-5-9-13-17)15-18-19-20(23(31)28(2)22(19)30)25(26-18,24(32)33-3)14-16-10-6-4-7-11-16;3-2(4,5)1(6)7/h4,6-7,10-11,17-20,26H,5,8-9,12-15H2,1-3H3;(H,6,7)/t18-,19+,20-,25-;/m1./s1. The number of nitrogens with zero attached hydrogens (tertiary/aromatic N) is 2. The normalized spacial score (nSPS) is 26.6. The summed E-state index contributed by atoms with van der Waals surface area (Å²) in [5.41, 5.74) is -0.520. The fraction of sp³-hybridized carbons (Fsp3) is 0.593. The number of imide groups is 1. The number of benzene rings is 1. The topological polar surface area (TPSA) is 133 Å². The highest BCUT2D eigenvalue weighted by Gasteiger charge is 2.68. The van der Waals surface area contributed by atoms with Crippen molar-refractivity contribution in [3.05, 3.63) is 35.9 Å². The third kappa shape index (κ3) is 6.29. The molecule has 3 amide bonds. The third-order valence-electron chi connectivity index (χ3n) is 7.90. The van der Waals surface area contributed by atoms with Crippen molar-refractivity contribution >= 4 is 29.7 Å². The minimum absolute atomic E-state index is 0.000724. The highest BCUT2D eigenvalue weighted by atomic mass is 19.4. The average molecular weight is 570 g/mol. The van der Waals surface area contributed by atoms with E-state index in [4.69, 9.17) is 14.6 Å². The highest BCUT2D eigenvalue weighted by molar-refractivity contribution is 6.09. The zero-order valence-electron chi connectivity index (χ0n) is 22.6. The van der Waals surface area contributed by atoms with Crippen molar-refractivity contribution in [2.24, 2.45) is 17.8 Å². The Kier molecular flexibility index (Phi) is 9.60. The third-order valence-corrected chi connectivity index (χ3v) is 7.90. The number of hydrogen-bond acceptors (Lipinski definition) is 7. The van der Waals surface area contributed by atoms with E-state index in [-0.39, 0.29) is 36.6 Å². The Labute approximate surface area is 229 Å². The van der Waals surface area contributed by atoms with E-state index in [9.17, 15) is 32.3 Å². The molecule has 4 rings (SSSR count). The molecule has 0 unspecified atom stereocenters. The maximum absolute atomic E-state index is 13.2. The quantitative estimate of drug-likeness (QED) is 0.393. The number of esters is 1. The predicted molar refractivity (Wildman–Crippen MR) is 134 cm³/mol. The van der Waals surface area contributed by atoms with Gasteiger partial charge in [0.05, 0.1) is 18.9 Å². The molecule has 1 saturated carbocycles. The van der Waals surface area contributed by atoms with Gasteiger partial charge in [-0.2, -0.15) is 13.2 Å². The second kappa shape index (κ2) is 12.4. The lowest BCUT2D eigenvalue weighted by atomic mass is 9.76. The maximum atomic E-state index is 13.2. The minimum Gasteiger partial charge on any atom is -0.475 e. The van der Waals surface area contributed by atoms with Gasteiger partial charge in [0.25, 0.3) is 0 Å². The Morgan fingerprint density at radius 1 is 1.10 bits per heavy atom. The van der Waals surface area contributed by atoms with E-state index in [0.717, 1.165) is 42.6 Å². The van der Waals surface area contributed by atoms with Crippen LogP contribution in [0.15, 0.2) is 30.3 Å². The van der Waals surface area contributed by atoms with Crippen LogP contribution in [0.3, 0.4) is 0 Å². The number of carboxylic acids is 1. The molecule has 3 fully saturated rings. The molecule has 4 atom stereocenters. The monoisotopic (exact) mass is 569 g/mol. The maximum Gasteiger partial charge on any atom is 0.490 e. The van der Waals surface area contributed by atoms with Crippen LogP contribution in [-0.4, -0.2) is 90.1 Å². The number of hydrogen-bond donors (Lipinski definition) is 2. The molecule has 1 aromatic carbocycles. The number of amides is 3. The predicted octanol–water partition coefficient (Wildman–Crippen LogP) is 2.02. The molecule has 0 spiro atoms. The molecule has 13 heteroatoms. The number of carbonyl (C=O) groups excluding carboxylic acids is 4. The van der Waals surface area contributed by atoms with Crippen molar-refractivity contribution in [2.45, 2.75) is 56.3 Å². The fourth-order valence-electron chi connectivity index (χ4n) is 5.99. The van der Waals surface area contributed by atoms with E-state index >= 15 is 0 Å². The Bertz CT molecular complexity index is 1120. The van der Waals surface area contributed by atoms with Gasteiger partial charge in [-0.15, -0.1) is 0 Å². The van der Waals surface area contributed by atoms with Crippen LogP contribution in [0.5, 0.6) is 0 Å². The number of rotatable bonds is 6. The van der Waals surface area contributed by atoms with Crippen molar-refractivity contribution < 1.29 is 47.0 Å². The molecular formula is C27H34F3N3O7. The van der Waals surface area contributed by atoms with Crippen LogP contribution >= 0.6 is 0 Å². The molecule has 2 aliphatic heterocycles. The van der Waals surface area contributed by atoms with Crippen LogP contribution in [0.1, 0.15) is 37.7 Å². The zero-order valence-corrected chi connectivity index (χ0v) is 22.6. The second-order valence-corrected chi connectivity index (χ2v) is 10.5. The molecule has 0 aromatic heterocycles. The summed E-state index contributed by atoms with van der Waals surface area (Å²) in [6.45, 7) is 0.247. The first-order valence-electron chi connectivity index (χ1n) is 13.0. The van der Waals surface area contributed by atoms with Crippen molar-refractivity contribution in [2.75, 3.05) is 27.7 Å². The molecule has 2 heterocycles. The number of nitrogens with one attached hydrogen (secondary N) is 1. The molecule has 0 radical (unpaired) electrons. The van der Waals surface area contributed by atoms with Crippen LogP contribution in [0.25, 0.3) is 0 Å². The molecular weight excluding hydrogens is 535 g/mol. The smallest absolute Gasteiger partial charge is 0.475 e. The first-order chi connectivity index (χ1) is 18.7. The summed E-state index contributed by atoms with van der Waals surface area (Å²) in [6.07, 6.45) is 0.159. The number of aliphatic carboxylic acids is 1. The van der Waals surface area contributed by atoms with E-state index in [1.807, 2.05) is 30.3 Å². The van der Waals surface area contributed by atoms with Gasteiger partial charge in [0.2, 0.25) is 17.7 Å². The zero-order chi connectivity index (χ0) is 29.8. The number of likely N-dealkylation sites (tertiary alicyclic amines) is 1. The van der Waals surface area contributed by atoms with Crippen LogP contribution < -0.4 is 5.32 Å². The highest BCUT2D eigenvalue weighted by Crippen LogP contribution is 2.45.